The van der Waals surface area contributed by atoms with Crippen molar-refractivity contribution < 1.29 is 13.5 Å². The molecule has 2 aromatic heterocycles. The predicted octanol–water partition coefficient (Wildman–Crippen LogP) is 3.11. The van der Waals surface area contributed by atoms with E-state index in [9.17, 15) is 13.5 Å². The molecule has 0 bridgehead atoms. The smallest absolute Gasteiger partial charge is 0.168 e. The van der Waals surface area contributed by atoms with Crippen LogP contribution in [-0.4, -0.2) is 40.0 Å². The SMILES string of the molecule is C=C(Cc1ccc([SH](=O)=O)cc1)NCCC(CI)C(O)/C=c1\c2ccccc2c2cncn12. The lowest BCUT2D eigenvalue weighted by molar-refractivity contribution is 0.175. The van der Waals surface area contributed by atoms with Crippen LogP contribution >= 0.6 is 22.6 Å². The number of hydrogen-bond donors (Lipinski definition) is 3. The maximum absolute atomic E-state index is 11.0. The molecule has 2 aromatic carbocycles. The zero-order valence-electron chi connectivity index (χ0n) is 18.0. The number of fused-ring (bicyclic) bond motifs is 3. The van der Waals surface area contributed by atoms with Crippen molar-refractivity contribution in [3.63, 3.8) is 0 Å². The van der Waals surface area contributed by atoms with Crippen LogP contribution in [0.15, 0.2) is 78.2 Å². The molecule has 0 spiro atoms. The molecule has 0 saturated heterocycles. The monoisotopic (exact) mass is 575 g/mol. The van der Waals surface area contributed by atoms with Gasteiger partial charge >= 0.3 is 0 Å². The van der Waals surface area contributed by atoms with Crippen molar-refractivity contribution >= 4 is 55.7 Å². The molecule has 0 radical (unpaired) electrons. The Morgan fingerprint density at radius 3 is 2.61 bits per heavy atom. The molecule has 0 amide bonds. The summed E-state index contributed by atoms with van der Waals surface area (Å²) >= 11 is 2.33. The van der Waals surface area contributed by atoms with Crippen LogP contribution in [0.4, 0.5) is 0 Å². The summed E-state index contributed by atoms with van der Waals surface area (Å²) in [6.07, 6.45) is 6.41. The van der Waals surface area contributed by atoms with Crippen LogP contribution in [0.3, 0.4) is 0 Å². The van der Waals surface area contributed by atoms with Gasteiger partial charge in [0.1, 0.15) is 0 Å². The van der Waals surface area contributed by atoms with Crippen LogP contribution < -0.4 is 10.7 Å². The molecular weight excluding hydrogens is 549 g/mol. The van der Waals surface area contributed by atoms with Gasteiger partial charge in [-0.2, -0.15) is 0 Å². The zero-order valence-corrected chi connectivity index (χ0v) is 21.1. The first kappa shape index (κ1) is 23.7. The number of nitrogens with zero attached hydrogens (tertiary/aromatic N) is 2. The highest BCUT2D eigenvalue weighted by molar-refractivity contribution is 14.1. The third-order valence-electron chi connectivity index (χ3n) is 5.84. The summed E-state index contributed by atoms with van der Waals surface area (Å²) in [5.74, 6) is 0.0887. The summed E-state index contributed by atoms with van der Waals surface area (Å²) in [7, 11) is -2.56. The van der Waals surface area contributed by atoms with Crippen LogP contribution in [0.25, 0.3) is 22.4 Å². The molecule has 2 unspecified atom stereocenters. The van der Waals surface area contributed by atoms with Crippen LogP contribution in [0.2, 0.25) is 0 Å². The molecule has 8 heteroatoms. The van der Waals surface area contributed by atoms with Gasteiger partial charge in [-0.05, 0) is 36.1 Å². The number of allylic oxidation sites excluding steroid dienone is 1. The van der Waals surface area contributed by atoms with E-state index in [1.54, 1.807) is 30.6 Å². The summed E-state index contributed by atoms with van der Waals surface area (Å²) < 4.78 is 24.9. The molecule has 4 aromatic rings. The molecule has 0 fully saturated rings. The first-order chi connectivity index (χ1) is 16.0. The standard InChI is InChI=1S/C25H26IN3O3S/c1-17(12-18-6-8-20(9-7-18)33(31)32)28-11-10-19(14-26)25(30)13-23-21-4-2-3-5-22(21)24-15-27-16-29(23)24/h2-9,13,15-16,19,25,28,30,33H,1,10-12,14H2/b23-13+. The van der Waals surface area contributed by atoms with Gasteiger partial charge in [0.2, 0.25) is 0 Å². The number of halogens is 1. The van der Waals surface area contributed by atoms with E-state index in [2.05, 4.69) is 51.6 Å². The van der Waals surface area contributed by atoms with Gasteiger partial charge in [0.25, 0.3) is 0 Å². The number of aromatic nitrogens is 2. The molecule has 0 aliphatic rings. The maximum atomic E-state index is 11.0. The molecular formula is C25H26IN3O3S. The predicted molar refractivity (Wildman–Crippen MR) is 141 cm³/mol. The van der Waals surface area contributed by atoms with E-state index in [0.717, 1.165) is 43.7 Å². The summed E-state index contributed by atoms with van der Waals surface area (Å²) in [6, 6.07) is 15.0. The number of thiol groups is 1. The van der Waals surface area contributed by atoms with Gasteiger partial charge in [-0.3, -0.25) is 4.40 Å². The first-order valence-corrected chi connectivity index (χ1v) is 13.4. The Morgan fingerprint density at radius 2 is 1.91 bits per heavy atom. The van der Waals surface area contributed by atoms with Gasteiger partial charge in [0, 0.05) is 33.9 Å². The number of benzene rings is 2. The summed E-state index contributed by atoms with van der Waals surface area (Å²) in [6.45, 7) is 4.78. The Balaban J connectivity index is 1.39. The van der Waals surface area contributed by atoms with Gasteiger partial charge in [-0.25, -0.2) is 13.4 Å². The highest BCUT2D eigenvalue weighted by Gasteiger charge is 2.17. The van der Waals surface area contributed by atoms with Crippen LogP contribution in [0, 0.1) is 5.92 Å². The van der Waals surface area contributed by atoms with Crippen molar-refractivity contribution in [2.75, 3.05) is 11.0 Å². The van der Waals surface area contributed by atoms with E-state index in [-0.39, 0.29) is 5.92 Å². The third-order valence-corrected chi connectivity index (χ3v) is 7.69. The summed E-state index contributed by atoms with van der Waals surface area (Å²) in [4.78, 5) is 4.58. The molecule has 0 aliphatic carbocycles. The number of hydrogen-bond acceptors (Lipinski definition) is 5. The summed E-state index contributed by atoms with van der Waals surface area (Å²) in [5.41, 5.74) is 2.91. The minimum Gasteiger partial charge on any atom is -0.389 e. The van der Waals surface area contributed by atoms with Gasteiger partial charge in [0.05, 0.1) is 34.4 Å². The minimum atomic E-state index is -2.56. The van der Waals surface area contributed by atoms with E-state index in [0.29, 0.717) is 17.9 Å². The van der Waals surface area contributed by atoms with E-state index >= 15 is 0 Å². The topological polar surface area (TPSA) is 83.7 Å². The number of rotatable bonds is 10. The molecule has 2 N–H and O–H groups in total. The molecule has 172 valence electrons. The number of alkyl halides is 1. The van der Waals surface area contributed by atoms with Gasteiger partial charge in [0.15, 0.2) is 10.7 Å². The van der Waals surface area contributed by atoms with E-state index < -0.39 is 16.8 Å². The van der Waals surface area contributed by atoms with Crippen molar-refractivity contribution in [2.24, 2.45) is 5.92 Å². The lowest BCUT2D eigenvalue weighted by Crippen LogP contribution is -2.27. The molecule has 6 nitrogen and oxygen atoms in total. The van der Waals surface area contributed by atoms with E-state index in [1.807, 2.05) is 28.8 Å². The van der Waals surface area contributed by atoms with Crippen LogP contribution in [0.5, 0.6) is 0 Å². The average molecular weight is 575 g/mol. The second kappa shape index (κ2) is 10.7. The van der Waals surface area contributed by atoms with E-state index in [4.69, 9.17) is 0 Å². The largest absolute Gasteiger partial charge is 0.389 e. The quantitative estimate of drug-likeness (QED) is 0.154. The Hall–Kier alpha value is -2.43. The van der Waals surface area contributed by atoms with Crippen molar-refractivity contribution in [3.05, 3.63) is 84.2 Å². The molecule has 2 atom stereocenters. The third kappa shape index (κ3) is 5.39. The van der Waals surface area contributed by atoms with Gasteiger partial charge in [-0.1, -0.05) is 65.6 Å². The molecule has 2 heterocycles. The summed E-state index contributed by atoms with van der Waals surface area (Å²) in [5, 5.41) is 17.6. The number of nitrogens with one attached hydrogen (secondary N) is 1. The molecule has 0 saturated carbocycles. The Morgan fingerprint density at radius 1 is 1.18 bits per heavy atom. The number of imidazole rings is 1. The fraction of sp³-hybridized carbons (Fsp3) is 0.240. The van der Waals surface area contributed by atoms with Crippen molar-refractivity contribution in [1.82, 2.24) is 14.7 Å². The number of aliphatic hydroxyl groups is 1. The fourth-order valence-corrected chi connectivity index (χ4v) is 5.39. The fourth-order valence-electron chi connectivity index (χ4n) is 4.03. The van der Waals surface area contributed by atoms with Gasteiger partial charge in [-0.15, -0.1) is 0 Å². The Kier molecular flexibility index (Phi) is 7.67. The van der Waals surface area contributed by atoms with E-state index in [1.165, 1.54) is 0 Å². The lowest BCUT2D eigenvalue weighted by Gasteiger charge is -2.19. The van der Waals surface area contributed by atoms with Crippen LogP contribution in [-0.2, 0) is 17.1 Å². The van der Waals surface area contributed by atoms with Crippen molar-refractivity contribution in [2.45, 2.75) is 23.8 Å². The minimum absolute atomic E-state index is 0.0887. The first-order valence-electron chi connectivity index (χ1n) is 10.7. The highest BCUT2D eigenvalue weighted by atomic mass is 127. The number of aliphatic hydroxyl groups excluding tert-OH is 1. The second-order valence-electron chi connectivity index (χ2n) is 8.07. The lowest BCUT2D eigenvalue weighted by atomic mass is 10.00. The molecule has 4 rings (SSSR count). The van der Waals surface area contributed by atoms with Crippen molar-refractivity contribution in [3.8, 4) is 0 Å². The molecule has 0 aliphatic heterocycles. The van der Waals surface area contributed by atoms with Crippen LogP contribution in [0.1, 0.15) is 12.0 Å². The van der Waals surface area contributed by atoms with Crippen molar-refractivity contribution in [1.29, 1.82) is 0 Å². The average Bonchev–Trinajstić information content (AvgIpc) is 3.40. The zero-order chi connectivity index (χ0) is 23.4. The Bertz CT molecular complexity index is 1390. The Labute approximate surface area is 208 Å². The normalized spacial score (nSPS) is 14.2. The molecule has 33 heavy (non-hydrogen) atoms. The maximum Gasteiger partial charge on any atom is 0.168 e. The van der Waals surface area contributed by atoms with Gasteiger partial charge < -0.3 is 10.4 Å². The second-order valence-corrected chi connectivity index (χ2v) is 9.98. The highest BCUT2D eigenvalue weighted by Crippen LogP contribution is 2.19.